The lowest BCUT2D eigenvalue weighted by Gasteiger charge is -2.42. The van der Waals surface area contributed by atoms with Gasteiger partial charge in [-0.15, -0.1) is 0 Å². The second-order valence-electron chi connectivity index (χ2n) is 5.64. The monoisotopic (exact) mass is 370 g/mol. The van der Waals surface area contributed by atoms with Crippen molar-refractivity contribution in [2.24, 2.45) is 0 Å². The molecule has 13 heteroatoms. The quantitative estimate of drug-likeness (QED) is 0.227. The van der Waals surface area contributed by atoms with Crippen molar-refractivity contribution in [1.82, 2.24) is 0 Å². The molecule has 0 aromatic carbocycles. The van der Waals surface area contributed by atoms with Crippen molar-refractivity contribution < 1.29 is 64.7 Å². The van der Waals surface area contributed by atoms with Crippen molar-refractivity contribution in [2.45, 2.75) is 54.8 Å². The molecule has 0 bridgehead atoms. The van der Waals surface area contributed by atoms with Gasteiger partial charge in [0.25, 0.3) is 0 Å². The standard InChI is InChI=1S/C12H18O13/c13-1-12(8(18)5(17)7(24-12)10(21)22)25-11-4(16)2(14)3(15)6(23-11)9(19)20/h2-8,11,13-18H,1H2,(H,19,20)(H,21,22). The van der Waals surface area contributed by atoms with Crippen LogP contribution in [0.15, 0.2) is 0 Å². The molecule has 2 aliphatic rings. The molecule has 0 aliphatic carbocycles. The molecule has 9 atom stereocenters. The fraction of sp³-hybridized carbons (Fsp3) is 0.833. The van der Waals surface area contributed by atoms with Gasteiger partial charge < -0.3 is 55.1 Å². The van der Waals surface area contributed by atoms with Crippen molar-refractivity contribution in [2.75, 3.05) is 6.61 Å². The highest BCUT2D eigenvalue weighted by atomic mass is 16.8. The van der Waals surface area contributed by atoms with Crippen molar-refractivity contribution in [3.8, 4) is 0 Å². The van der Waals surface area contributed by atoms with Gasteiger partial charge in [-0.2, -0.15) is 0 Å². The minimum atomic E-state index is -2.58. The molecule has 0 aromatic heterocycles. The van der Waals surface area contributed by atoms with Crippen LogP contribution in [0, 0.1) is 0 Å². The van der Waals surface area contributed by atoms with E-state index in [0.29, 0.717) is 0 Å². The highest BCUT2D eigenvalue weighted by Crippen LogP contribution is 2.36. The summed E-state index contributed by atoms with van der Waals surface area (Å²) in [7, 11) is 0. The first kappa shape index (κ1) is 19.9. The average Bonchev–Trinajstić information content (AvgIpc) is 2.80. The zero-order valence-electron chi connectivity index (χ0n) is 12.4. The van der Waals surface area contributed by atoms with E-state index >= 15 is 0 Å². The van der Waals surface area contributed by atoms with E-state index in [0.717, 1.165) is 0 Å². The second-order valence-corrected chi connectivity index (χ2v) is 5.64. The first-order chi connectivity index (χ1) is 11.6. The van der Waals surface area contributed by atoms with Crippen LogP contribution in [0.3, 0.4) is 0 Å². The number of rotatable bonds is 5. The Morgan fingerprint density at radius 1 is 0.880 bits per heavy atom. The molecule has 2 saturated heterocycles. The van der Waals surface area contributed by atoms with Gasteiger partial charge in [0.05, 0.1) is 0 Å². The van der Waals surface area contributed by atoms with Gasteiger partial charge in [0, 0.05) is 0 Å². The van der Waals surface area contributed by atoms with Crippen molar-refractivity contribution in [3.05, 3.63) is 0 Å². The molecule has 25 heavy (non-hydrogen) atoms. The Morgan fingerprint density at radius 2 is 1.44 bits per heavy atom. The molecule has 9 unspecified atom stereocenters. The zero-order chi connectivity index (χ0) is 19.1. The summed E-state index contributed by atoms with van der Waals surface area (Å²) in [5.74, 6) is -5.98. The minimum Gasteiger partial charge on any atom is -0.479 e. The third-order valence-electron chi connectivity index (χ3n) is 4.00. The molecule has 2 heterocycles. The summed E-state index contributed by atoms with van der Waals surface area (Å²) in [6, 6.07) is 0. The maximum atomic E-state index is 11.0. The number of carbonyl (C=O) groups is 2. The largest absolute Gasteiger partial charge is 0.479 e. The number of carboxylic acid groups (broad SMARTS) is 2. The summed E-state index contributed by atoms with van der Waals surface area (Å²) in [6.07, 6.45) is -16.3. The van der Waals surface area contributed by atoms with Crippen LogP contribution in [0.2, 0.25) is 0 Å². The number of aliphatic carboxylic acids is 2. The Hall–Kier alpha value is -1.42. The van der Waals surface area contributed by atoms with Gasteiger partial charge >= 0.3 is 11.9 Å². The minimum absolute atomic E-state index is 1.21. The highest BCUT2D eigenvalue weighted by Gasteiger charge is 2.60. The van der Waals surface area contributed by atoms with Gasteiger partial charge in [0.1, 0.15) is 37.1 Å². The lowest BCUT2D eigenvalue weighted by molar-refractivity contribution is -0.378. The summed E-state index contributed by atoms with van der Waals surface area (Å²) in [5.41, 5.74) is 0. The van der Waals surface area contributed by atoms with Gasteiger partial charge in [-0.25, -0.2) is 9.59 Å². The Morgan fingerprint density at radius 3 is 1.88 bits per heavy atom. The second kappa shape index (κ2) is 7.06. The zero-order valence-corrected chi connectivity index (χ0v) is 12.4. The van der Waals surface area contributed by atoms with Gasteiger partial charge in [-0.1, -0.05) is 0 Å². The maximum absolute atomic E-state index is 11.0. The molecule has 2 fully saturated rings. The number of aliphatic hydroxyl groups is 6. The lowest BCUT2D eigenvalue weighted by atomic mass is 9.98. The van der Waals surface area contributed by atoms with Crippen LogP contribution in [0.4, 0.5) is 0 Å². The van der Waals surface area contributed by atoms with Gasteiger partial charge in [0.2, 0.25) is 5.79 Å². The Kier molecular flexibility index (Phi) is 5.62. The molecule has 0 aromatic rings. The van der Waals surface area contributed by atoms with Crippen LogP contribution in [0.5, 0.6) is 0 Å². The molecule has 8 N–H and O–H groups in total. The van der Waals surface area contributed by atoms with Crippen molar-refractivity contribution >= 4 is 11.9 Å². The lowest BCUT2D eigenvalue weighted by Crippen LogP contribution is -2.63. The highest BCUT2D eigenvalue weighted by molar-refractivity contribution is 5.74. The summed E-state index contributed by atoms with van der Waals surface area (Å²) < 4.78 is 14.6. The molecule has 0 spiro atoms. The summed E-state index contributed by atoms with van der Waals surface area (Å²) in [6.45, 7) is -1.21. The van der Waals surface area contributed by atoms with Crippen molar-refractivity contribution in [1.29, 1.82) is 0 Å². The van der Waals surface area contributed by atoms with E-state index in [2.05, 4.69) is 0 Å². The van der Waals surface area contributed by atoms with Crippen LogP contribution in [-0.4, -0.2) is 114 Å². The fourth-order valence-corrected chi connectivity index (χ4v) is 2.59. The number of hydrogen-bond acceptors (Lipinski definition) is 11. The van der Waals surface area contributed by atoms with Crippen LogP contribution in [-0.2, 0) is 23.8 Å². The molecular weight excluding hydrogens is 352 g/mol. The van der Waals surface area contributed by atoms with E-state index < -0.39 is 73.4 Å². The molecule has 13 nitrogen and oxygen atoms in total. The molecule has 0 radical (unpaired) electrons. The Balaban J connectivity index is 2.25. The van der Waals surface area contributed by atoms with Crippen LogP contribution < -0.4 is 0 Å². The van der Waals surface area contributed by atoms with E-state index in [9.17, 15) is 40.2 Å². The SMILES string of the molecule is O=C(O)C1OC(OC2(CO)OC(C(=O)O)C(O)C2O)C(O)C(O)C1O. The number of ether oxygens (including phenoxy) is 3. The van der Waals surface area contributed by atoms with Gasteiger partial charge in [0.15, 0.2) is 18.5 Å². The number of carboxylic acids is 2. The van der Waals surface area contributed by atoms with E-state index in [1.807, 2.05) is 0 Å². The summed E-state index contributed by atoms with van der Waals surface area (Å²) >= 11 is 0. The smallest absolute Gasteiger partial charge is 0.335 e. The topological polar surface area (TPSA) is 224 Å². The molecule has 2 rings (SSSR count). The third-order valence-corrected chi connectivity index (χ3v) is 4.00. The van der Waals surface area contributed by atoms with Crippen LogP contribution in [0.25, 0.3) is 0 Å². The number of aliphatic hydroxyl groups excluding tert-OH is 6. The van der Waals surface area contributed by atoms with E-state index in [1.165, 1.54) is 0 Å². The van der Waals surface area contributed by atoms with Gasteiger partial charge in [-0.05, 0) is 0 Å². The number of hydrogen-bond donors (Lipinski definition) is 8. The van der Waals surface area contributed by atoms with Crippen molar-refractivity contribution in [3.63, 3.8) is 0 Å². The molecule has 144 valence electrons. The third kappa shape index (κ3) is 3.33. The van der Waals surface area contributed by atoms with Gasteiger partial charge in [-0.3, -0.25) is 0 Å². The average molecular weight is 370 g/mol. The summed E-state index contributed by atoms with van der Waals surface area (Å²) in [4.78, 5) is 22.0. The first-order valence-corrected chi connectivity index (χ1v) is 7.03. The fourth-order valence-electron chi connectivity index (χ4n) is 2.59. The van der Waals surface area contributed by atoms with Crippen LogP contribution in [0.1, 0.15) is 0 Å². The molecule has 0 saturated carbocycles. The molecule has 2 aliphatic heterocycles. The van der Waals surface area contributed by atoms with Crippen LogP contribution >= 0.6 is 0 Å². The van der Waals surface area contributed by atoms with E-state index in [1.54, 1.807) is 0 Å². The van der Waals surface area contributed by atoms with E-state index in [4.69, 9.17) is 24.4 Å². The van der Waals surface area contributed by atoms with E-state index in [-0.39, 0.29) is 0 Å². The Bertz CT molecular complexity index is 525. The maximum Gasteiger partial charge on any atom is 0.335 e. The molecule has 0 amide bonds. The Labute approximate surface area is 139 Å². The normalized spacial score (nSPS) is 47.6. The first-order valence-electron chi connectivity index (χ1n) is 7.03. The summed E-state index contributed by atoms with van der Waals surface area (Å²) in [5, 5.41) is 76.0. The molecular formula is C12H18O13. The predicted molar refractivity (Wildman–Crippen MR) is 69.7 cm³/mol. The predicted octanol–water partition coefficient (Wildman–Crippen LogP) is -5.21.